The average molecular weight is 473 g/mol. The summed E-state index contributed by atoms with van der Waals surface area (Å²) in [6, 6.07) is 18.3. The van der Waals surface area contributed by atoms with Crippen LogP contribution < -0.4 is 14.8 Å². The van der Waals surface area contributed by atoms with Crippen molar-refractivity contribution in [2.75, 3.05) is 10.0 Å². The van der Waals surface area contributed by atoms with E-state index in [4.69, 9.17) is 16.3 Å². The molecule has 0 bridgehead atoms. The van der Waals surface area contributed by atoms with Crippen LogP contribution in [0.2, 0.25) is 5.02 Å². The van der Waals surface area contributed by atoms with Crippen LogP contribution >= 0.6 is 11.6 Å². The zero-order valence-electron chi connectivity index (χ0n) is 18.1. The van der Waals surface area contributed by atoms with Gasteiger partial charge >= 0.3 is 0 Å². The first-order valence-electron chi connectivity index (χ1n) is 10.1. The maximum Gasteiger partial charge on any atom is 0.265 e. The van der Waals surface area contributed by atoms with Gasteiger partial charge in [0.25, 0.3) is 15.9 Å². The van der Waals surface area contributed by atoms with Crippen LogP contribution in [0, 0.1) is 13.8 Å². The van der Waals surface area contributed by atoms with Crippen molar-refractivity contribution in [1.29, 1.82) is 0 Å². The van der Waals surface area contributed by atoms with Crippen LogP contribution in [-0.4, -0.2) is 20.4 Å². The predicted molar refractivity (Wildman–Crippen MR) is 128 cm³/mol. The molecule has 3 aromatic rings. The van der Waals surface area contributed by atoms with Gasteiger partial charge in [-0.2, -0.15) is 0 Å². The number of halogens is 1. The van der Waals surface area contributed by atoms with Crippen molar-refractivity contribution in [3.63, 3.8) is 0 Å². The standard InChI is InChI=1S/C24H25ClN2O4S/c1-4-22(31-23-8-6-5-7-21(23)25)24(28)26-18-11-13-20(14-12-18)32(29,30)27-19-10-9-16(2)17(3)15-19/h5-15,22,27H,4H2,1-3H3,(H,26,28)/t22-/m1/s1. The van der Waals surface area contributed by atoms with Crippen molar-refractivity contribution < 1.29 is 17.9 Å². The second-order valence-corrected chi connectivity index (χ2v) is 9.45. The van der Waals surface area contributed by atoms with E-state index in [-0.39, 0.29) is 10.8 Å². The Morgan fingerprint density at radius 3 is 2.25 bits per heavy atom. The lowest BCUT2D eigenvalue weighted by atomic mass is 10.1. The van der Waals surface area contributed by atoms with Crippen molar-refractivity contribution in [2.24, 2.45) is 0 Å². The molecule has 0 radical (unpaired) electrons. The second kappa shape index (κ2) is 10.1. The normalized spacial score (nSPS) is 12.1. The molecule has 0 heterocycles. The third kappa shape index (κ3) is 5.81. The second-order valence-electron chi connectivity index (χ2n) is 7.36. The highest BCUT2D eigenvalue weighted by Gasteiger charge is 2.20. The molecule has 0 spiro atoms. The summed E-state index contributed by atoms with van der Waals surface area (Å²) in [6.07, 6.45) is -0.312. The van der Waals surface area contributed by atoms with Gasteiger partial charge in [-0.3, -0.25) is 9.52 Å². The van der Waals surface area contributed by atoms with E-state index in [1.807, 2.05) is 26.8 Å². The van der Waals surface area contributed by atoms with Crippen molar-refractivity contribution >= 4 is 38.9 Å². The summed E-state index contributed by atoms with van der Waals surface area (Å²) in [6.45, 7) is 5.71. The molecule has 0 aliphatic heterocycles. The van der Waals surface area contributed by atoms with Gasteiger partial charge in [-0.25, -0.2) is 8.42 Å². The molecule has 6 nitrogen and oxygen atoms in total. The number of carbonyl (C=O) groups is 1. The number of amides is 1. The van der Waals surface area contributed by atoms with Gasteiger partial charge in [0.15, 0.2) is 6.10 Å². The lowest BCUT2D eigenvalue weighted by Crippen LogP contribution is -2.32. The molecule has 1 amide bonds. The van der Waals surface area contributed by atoms with Gasteiger partial charge in [0, 0.05) is 11.4 Å². The summed E-state index contributed by atoms with van der Waals surface area (Å²) in [5.41, 5.74) is 3.03. The molecule has 0 fully saturated rings. The van der Waals surface area contributed by atoms with Crippen LogP contribution in [0.25, 0.3) is 0 Å². The quantitative estimate of drug-likeness (QED) is 0.450. The van der Waals surface area contributed by atoms with E-state index in [2.05, 4.69) is 10.0 Å². The summed E-state index contributed by atoms with van der Waals surface area (Å²) >= 11 is 6.11. The number of rotatable bonds is 8. The molecule has 8 heteroatoms. The molecule has 0 aliphatic rings. The van der Waals surface area contributed by atoms with Crippen molar-refractivity contribution in [3.8, 4) is 5.75 Å². The molecule has 32 heavy (non-hydrogen) atoms. The average Bonchev–Trinajstić information content (AvgIpc) is 2.76. The fourth-order valence-corrected chi connectivity index (χ4v) is 4.20. The molecular weight excluding hydrogens is 448 g/mol. The Labute approximate surface area is 193 Å². The number of ether oxygens (including phenoxy) is 1. The Hall–Kier alpha value is -3.03. The molecule has 3 aromatic carbocycles. The topological polar surface area (TPSA) is 84.5 Å². The van der Waals surface area contributed by atoms with Crippen LogP contribution in [-0.2, 0) is 14.8 Å². The summed E-state index contributed by atoms with van der Waals surface area (Å²) in [5.74, 6) is 0.0753. The van der Waals surface area contributed by atoms with Crippen LogP contribution in [0.3, 0.4) is 0 Å². The van der Waals surface area contributed by atoms with Crippen molar-refractivity contribution in [1.82, 2.24) is 0 Å². The smallest absolute Gasteiger partial charge is 0.265 e. The van der Waals surface area contributed by atoms with Gasteiger partial charge in [-0.1, -0.05) is 36.7 Å². The number of sulfonamides is 1. The number of aryl methyl sites for hydroxylation is 2. The van der Waals surface area contributed by atoms with E-state index < -0.39 is 16.1 Å². The summed E-state index contributed by atoms with van der Waals surface area (Å²) < 4.78 is 33.7. The highest BCUT2D eigenvalue weighted by atomic mass is 35.5. The summed E-state index contributed by atoms with van der Waals surface area (Å²) in [7, 11) is -3.76. The highest BCUT2D eigenvalue weighted by molar-refractivity contribution is 7.92. The molecule has 0 saturated carbocycles. The Bertz CT molecular complexity index is 1210. The molecular formula is C24H25ClN2O4S. The summed E-state index contributed by atoms with van der Waals surface area (Å²) in [5, 5.41) is 3.17. The Morgan fingerprint density at radius 1 is 0.969 bits per heavy atom. The molecule has 3 rings (SSSR count). The van der Waals surface area contributed by atoms with Crippen molar-refractivity contribution in [2.45, 2.75) is 38.2 Å². The maximum absolute atomic E-state index is 12.7. The first-order valence-corrected chi connectivity index (χ1v) is 12.0. The number of hydrogen-bond donors (Lipinski definition) is 2. The van der Waals surface area contributed by atoms with E-state index in [0.29, 0.717) is 28.6 Å². The fourth-order valence-electron chi connectivity index (χ4n) is 2.97. The Morgan fingerprint density at radius 2 is 1.62 bits per heavy atom. The van der Waals surface area contributed by atoms with Gasteiger partial charge in [-0.15, -0.1) is 0 Å². The maximum atomic E-state index is 12.7. The number of hydrogen-bond acceptors (Lipinski definition) is 4. The monoisotopic (exact) mass is 472 g/mol. The van der Waals surface area contributed by atoms with E-state index in [1.54, 1.807) is 36.4 Å². The lowest BCUT2D eigenvalue weighted by molar-refractivity contribution is -0.122. The van der Waals surface area contributed by atoms with E-state index in [1.165, 1.54) is 24.3 Å². The zero-order chi connectivity index (χ0) is 23.3. The minimum atomic E-state index is -3.76. The van der Waals surface area contributed by atoms with E-state index in [0.717, 1.165) is 11.1 Å². The Balaban J connectivity index is 1.68. The first kappa shape index (κ1) is 23.6. The molecule has 0 aliphatic carbocycles. The minimum Gasteiger partial charge on any atom is -0.479 e. The molecule has 0 unspecified atom stereocenters. The van der Waals surface area contributed by atoms with Crippen LogP contribution in [0.5, 0.6) is 5.75 Å². The minimum absolute atomic E-state index is 0.0908. The Kier molecular flexibility index (Phi) is 7.43. The number of nitrogens with one attached hydrogen (secondary N) is 2. The van der Waals surface area contributed by atoms with Crippen molar-refractivity contribution in [3.05, 3.63) is 82.9 Å². The highest BCUT2D eigenvalue weighted by Crippen LogP contribution is 2.25. The predicted octanol–water partition coefficient (Wildman–Crippen LogP) is 5.55. The summed E-state index contributed by atoms with van der Waals surface area (Å²) in [4.78, 5) is 12.7. The van der Waals surface area contributed by atoms with Gasteiger partial charge in [-0.05, 0) is 79.9 Å². The van der Waals surface area contributed by atoms with Crippen LogP contribution in [0.1, 0.15) is 24.5 Å². The molecule has 2 N–H and O–H groups in total. The van der Waals surface area contributed by atoms with Crippen LogP contribution in [0.15, 0.2) is 71.6 Å². The first-order chi connectivity index (χ1) is 15.2. The number of para-hydroxylation sites is 1. The zero-order valence-corrected chi connectivity index (χ0v) is 19.6. The van der Waals surface area contributed by atoms with Gasteiger partial charge in [0.2, 0.25) is 0 Å². The van der Waals surface area contributed by atoms with Crippen LogP contribution in [0.4, 0.5) is 11.4 Å². The molecule has 0 saturated heterocycles. The van der Waals surface area contributed by atoms with Gasteiger partial charge < -0.3 is 10.1 Å². The number of anilines is 2. The largest absolute Gasteiger partial charge is 0.479 e. The fraction of sp³-hybridized carbons (Fsp3) is 0.208. The third-order valence-corrected chi connectivity index (χ3v) is 6.67. The van der Waals surface area contributed by atoms with E-state index in [9.17, 15) is 13.2 Å². The number of benzene rings is 3. The SMILES string of the molecule is CC[C@@H](Oc1ccccc1Cl)C(=O)Nc1ccc(S(=O)(=O)Nc2ccc(C)c(C)c2)cc1. The van der Waals surface area contributed by atoms with E-state index >= 15 is 0 Å². The molecule has 168 valence electrons. The molecule has 0 aromatic heterocycles. The third-order valence-electron chi connectivity index (χ3n) is 4.96. The lowest BCUT2D eigenvalue weighted by Gasteiger charge is -2.18. The van der Waals surface area contributed by atoms with Gasteiger partial charge in [0.05, 0.1) is 9.92 Å². The molecule has 1 atom stereocenters. The number of carbonyl (C=O) groups excluding carboxylic acids is 1. The van der Waals surface area contributed by atoms with Gasteiger partial charge in [0.1, 0.15) is 5.75 Å².